The molecule has 0 bridgehead atoms. The van der Waals surface area contributed by atoms with Crippen LogP contribution in [0.1, 0.15) is 52.4 Å². The molecule has 116 valence electrons. The third kappa shape index (κ3) is 3.55. The van der Waals surface area contributed by atoms with Gasteiger partial charge in [0.25, 0.3) is 0 Å². The third-order valence-electron chi connectivity index (χ3n) is 5.86. The van der Waals surface area contributed by atoms with Crippen molar-refractivity contribution in [3.8, 4) is 0 Å². The van der Waals surface area contributed by atoms with Crippen LogP contribution < -0.4 is 5.32 Å². The van der Waals surface area contributed by atoms with Gasteiger partial charge in [-0.15, -0.1) is 0 Å². The van der Waals surface area contributed by atoms with Crippen molar-refractivity contribution in [2.45, 2.75) is 70.5 Å². The molecule has 2 heterocycles. The van der Waals surface area contributed by atoms with Crippen LogP contribution in [-0.2, 0) is 0 Å². The van der Waals surface area contributed by atoms with Crippen LogP contribution in [0.5, 0.6) is 0 Å². The van der Waals surface area contributed by atoms with Gasteiger partial charge in [-0.1, -0.05) is 12.8 Å². The van der Waals surface area contributed by atoms with Crippen LogP contribution in [0.25, 0.3) is 0 Å². The molecule has 0 aromatic heterocycles. The summed E-state index contributed by atoms with van der Waals surface area (Å²) < 4.78 is 0. The van der Waals surface area contributed by atoms with E-state index in [2.05, 4.69) is 29.0 Å². The lowest BCUT2D eigenvalue weighted by atomic mass is 9.77. The monoisotopic (exact) mass is 279 g/mol. The molecule has 0 aromatic rings. The van der Waals surface area contributed by atoms with E-state index in [0.717, 1.165) is 18.0 Å². The van der Waals surface area contributed by atoms with Crippen LogP contribution in [0.3, 0.4) is 0 Å². The summed E-state index contributed by atoms with van der Waals surface area (Å²) in [5, 5.41) is 3.98. The minimum Gasteiger partial charge on any atom is -0.310 e. The Balaban J connectivity index is 1.43. The molecule has 3 aliphatic rings. The number of nitrogens with zero attached hydrogens (tertiary/aromatic N) is 2. The average molecular weight is 279 g/mol. The highest BCUT2D eigenvalue weighted by molar-refractivity contribution is 4.91. The van der Waals surface area contributed by atoms with Crippen LogP contribution in [0.15, 0.2) is 0 Å². The molecular formula is C17H33N3. The first-order valence-corrected chi connectivity index (χ1v) is 8.95. The summed E-state index contributed by atoms with van der Waals surface area (Å²) in [6.07, 6.45) is 8.73. The Kier molecular flexibility index (Phi) is 5.00. The fraction of sp³-hybridized carbons (Fsp3) is 1.00. The maximum atomic E-state index is 3.98. The molecule has 1 saturated carbocycles. The molecule has 2 saturated heterocycles. The van der Waals surface area contributed by atoms with Gasteiger partial charge in [0.05, 0.1) is 0 Å². The standard InChI is InChI=1S/C17H33N3/c1-14(2)20-11-9-19(10-12-20)13-16-8-7-15-5-3-4-6-17(15)18-16/h14-18H,3-13H2,1-2H3. The molecule has 0 aromatic carbocycles. The highest BCUT2D eigenvalue weighted by atomic mass is 15.3. The summed E-state index contributed by atoms with van der Waals surface area (Å²) in [5.74, 6) is 0.998. The molecule has 0 amide bonds. The van der Waals surface area contributed by atoms with E-state index in [-0.39, 0.29) is 0 Å². The third-order valence-corrected chi connectivity index (χ3v) is 5.86. The molecule has 3 atom stereocenters. The zero-order valence-electron chi connectivity index (χ0n) is 13.5. The zero-order valence-corrected chi connectivity index (χ0v) is 13.5. The highest BCUT2D eigenvalue weighted by Crippen LogP contribution is 2.32. The molecule has 3 fully saturated rings. The second-order valence-corrected chi connectivity index (χ2v) is 7.52. The molecule has 1 aliphatic carbocycles. The Morgan fingerprint density at radius 2 is 1.70 bits per heavy atom. The minimum absolute atomic E-state index is 0.716. The lowest BCUT2D eigenvalue weighted by molar-refractivity contribution is 0.0854. The first kappa shape index (κ1) is 14.8. The van der Waals surface area contributed by atoms with E-state index >= 15 is 0 Å². The minimum atomic E-state index is 0.716. The van der Waals surface area contributed by atoms with Gasteiger partial charge in [0.2, 0.25) is 0 Å². The van der Waals surface area contributed by atoms with Gasteiger partial charge in [0, 0.05) is 50.8 Å². The van der Waals surface area contributed by atoms with Gasteiger partial charge >= 0.3 is 0 Å². The fourth-order valence-electron chi connectivity index (χ4n) is 4.49. The van der Waals surface area contributed by atoms with Crippen LogP contribution in [0, 0.1) is 5.92 Å². The Bertz CT molecular complexity index is 297. The van der Waals surface area contributed by atoms with E-state index < -0.39 is 0 Å². The van der Waals surface area contributed by atoms with Gasteiger partial charge in [-0.05, 0) is 45.4 Å². The second-order valence-electron chi connectivity index (χ2n) is 7.52. The van der Waals surface area contributed by atoms with Gasteiger partial charge in [0.15, 0.2) is 0 Å². The predicted molar refractivity (Wildman–Crippen MR) is 85.1 cm³/mol. The van der Waals surface area contributed by atoms with Crippen LogP contribution >= 0.6 is 0 Å². The summed E-state index contributed by atoms with van der Waals surface area (Å²) in [6.45, 7) is 11.0. The van der Waals surface area contributed by atoms with Gasteiger partial charge in [0.1, 0.15) is 0 Å². The van der Waals surface area contributed by atoms with Crippen LogP contribution in [0.4, 0.5) is 0 Å². The van der Waals surface area contributed by atoms with Crippen molar-refractivity contribution in [3.05, 3.63) is 0 Å². The van der Waals surface area contributed by atoms with Crippen molar-refractivity contribution < 1.29 is 0 Å². The summed E-state index contributed by atoms with van der Waals surface area (Å²) in [4.78, 5) is 5.31. The number of piperidine rings is 1. The van der Waals surface area contributed by atoms with Gasteiger partial charge in [-0.3, -0.25) is 9.80 Å². The maximum absolute atomic E-state index is 3.98. The Hall–Kier alpha value is -0.120. The average Bonchev–Trinajstić information content (AvgIpc) is 2.48. The predicted octanol–water partition coefficient (Wildman–Crippen LogP) is 2.32. The summed E-state index contributed by atoms with van der Waals surface area (Å²) in [6, 6.07) is 2.33. The lowest BCUT2D eigenvalue weighted by Crippen LogP contribution is -2.56. The summed E-state index contributed by atoms with van der Waals surface area (Å²) in [7, 11) is 0. The van der Waals surface area contributed by atoms with Crippen molar-refractivity contribution in [3.63, 3.8) is 0 Å². The van der Waals surface area contributed by atoms with Crippen LogP contribution in [0.2, 0.25) is 0 Å². The first-order valence-electron chi connectivity index (χ1n) is 8.95. The maximum Gasteiger partial charge on any atom is 0.0197 e. The second kappa shape index (κ2) is 6.76. The van der Waals surface area contributed by atoms with Gasteiger partial charge < -0.3 is 5.32 Å². The smallest absolute Gasteiger partial charge is 0.0197 e. The normalized spacial score (nSPS) is 37.0. The van der Waals surface area contributed by atoms with Gasteiger partial charge in [-0.25, -0.2) is 0 Å². The molecule has 2 aliphatic heterocycles. The van der Waals surface area contributed by atoms with Crippen LogP contribution in [-0.4, -0.2) is 60.6 Å². The molecule has 3 rings (SSSR count). The first-order chi connectivity index (χ1) is 9.72. The molecule has 20 heavy (non-hydrogen) atoms. The Morgan fingerprint density at radius 1 is 0.950 bits per heavy atom. The zero-order chi connectivity index (χ0) is 13.9. The Labute approximate surface area is 125 Å². The summed E-state index contributed by atoms with van der Waals surface area (Å²) >= 11 is 0. The van der Waals surface area contributed by atoms with Gasteiger partial charge in [-0.2, -0.15) is 0 Å². The van der Waals surface area contributed by atoms with E-state index in [4.69, 9.17) is 0 Å². The topological polar surface area (TPSA) is 18.5 Å². The number of hydrogen-bond donors (Lipinski definition) is 1. The summed E-state index contributed by atoms with van der Waals surface area (Å²) in [5.41, 5.74) is 0. The van der Waals surface area contributed by atoms with Crippen molar-refractivity contribution >= 4 is 0 Å². The fourth-order valence-corrected chi connectivity index (χ4v) is 4.49. The SMILES string of the molecule is CC(C)N1CCN(CC2CCC3CCCCC3N2)CC1. The molecule has 3 nitrogen and oxygen atoms in total. The molecule has 3 heteroatoms. The lowest BCUT2D eigenvalue weighted by Gasteiger charge is -2.43. The van der Waals surface area contributed by atoms with E-state index in [9.17, 15) is 0 Å². The van der Waals surface area contributed by atoms with Crippen molar-refractivity contribution in [2.24, 2.45) is 5.92 Å². The number of nitrogens with one attached hydrogen (secondary N) is 1. The quantitative estimate of drug-likeness (QED) is 0.855. The Morgan fingerprint density at radius 3 is 2.45 bits per heavy atom. The molecule has 0 spiro atoms. The number of piperazine rings is 1. The number of hydrogen-bond acceptors (Lipinski definition) is 3. The molecule has 1 N–H and O–H groups in total. The number of fused-ring (bicyclic) bond motifs is 1. The molecular weight excluding hydrogens is 246 g/mol. The van der Waals surface area contributed by atoms with E-state index in [0.29, 0.717) is 6.04 Å². The molecule has 0 radical (unpaired) electrons. The van der Waals surface area contributed by atoms with E-state index in [1.165, 1.54) is 71.2 Å². The number of rotatable bonds is 3. The van der Waals surface area contributed by atoms with E-state index in [1.54, 1.807) is 0 Å². The highest BCUT2D eigenvalue weighted by Gasteiger charge is 2.32. The van der Waals surface area contributed by atoms with Crippen molar-refractivity contribution in [1.82, 2.24) is 15.1 Å². The van der Waals surface area contributed by atoms with E-state index in [1.807, 2.05) is 0 Å². The van der Waals surface area contributed by atoms with Crippen molar-refractivity contribution in [2.75, 3.05) is 32.7 Å². The molecule has 3 unspecified atom stereocenters. The largest absolute Gasteiger partial charge is 0.310 e. The van der Waals surface area contributed by atoms with Crippen molar-refractivity contribution in [1.29, 1.82) is 0 Å².